The monoisotopic (exact) mass is 246 g/mol. The SMILES string of the molecule is Cc1cccc(CNC(C)Cc2cccs2)n1. The number of aromatic nitrogens is 1. The Morgan fingerprint density at radius 3 is 2.88 bits per heavy atom. The van der Waals surface area contributed by atoms with E-state index < -0.39 is 0 Å². The summed E-state index contributed by atoms with van der Waals surface area (Å²) in [7, 11) is 0. The molecule has 0 saturated carbocycles. The molecule has 0 aliphatic carbocycles. The van der Waals surface area contributed by atoms with Crippen molar-refractivity contribution in [2.45, 2.75) is 32.9 Å². The highest BCUT2D eigenvalue weighted by Gasteiger charge is 2.04. The van der Waals surface area contributed by atoms with Gasteiger partial charge >= 0.3 is 0 Å². The van der Waals surface area contributed by atoms with Crippen LogP contribution in [0.2, 0.25) is 0 Å². The third kappa shape index (κ3) is 3.95. The molecule has 17 heavy (non-hydrogen) atoms. The van der Waals surface area contributed by atoms with Gasteiger partial charge in [0.15, 0.2) is 0 Å². The molecule has 0 aliphatic rings. The predicted octanol–water partition coefficient (Wildman–Crippen LogP) is 3.17. The minimum Gasteiger partial charge on any atom is -0.308 e. The summed E-state index contributed by atoms with van der Waals surface area (Å²) in [6.45, 7) is 5.09. The summed E-state index contributed by atoms with van der Waals surface area (Å²) >= 11 is 1.82. The van der Waals surface area contributed by atoms with E-state index >= 15 is 0 Å². The van der Waals surface area contributed by atoms with Crippen molar-refractivity contribution in [3.8, 4) is 0 Å². The van der Waals surface area contributed by atoms with Gasteiger partial charge in [-0.25, -0.2) is 0 Å². The van der Waals surface area contributed by atoms with Crippen LogP contribution < -0.4 is 5.32 Å². The Bertz CT molecular complexity index is 451. The zero-order valence-electron chi connectivity index (χ0n) is 10.3. The van der Waals surface area contributed by atoms with Gasteiger partial charge in [-0.05, 0) is 43.8 Å². The van der Waals surface area contributed by atoms with Gasteiger partial charge in [-0.2, -0.15) is 0 Å². The largest absolute Gasteiger partial charge is 0.308 e. The molecule has 1 unspecified atom stereocenters. The lowest BCUT2D eigenvalue weighted by atomic mass is 10.2. The zero-order valence-corrected chi connectivity index (χ0v) is 11.1. The van der Waals surface area contributed by atoms with Gasteiger partial charge in [-0.15, -0.1) is 11.3 Å². The van der Waals surface area contributed by atoms with Crippen molar-refractivity contribution in [3.05, 3.63) is 52.0 Å². The molecule has 0 aliphatic heterocycles. The molecule has 2 rings (SSSR count). The minimum absolute atomic E-state index is 0.482. The number of aryl methyl sites for hydroxylation is 1. The first-order chi connectivity index (χ1) is 8.24. The van der Waals surface area contributed by atoms with Crippen LogP contribution in [0.3, 0.4) is 0 Å². The molecule has 0 aromatic carbocycles. The van der Waals surface area contributed by atoms with Gasteiger partial charge in [0.25, 0.3) is 0 Å². The molecule has 2 nitrogen and oxygen atoms in total. The Morgan fingerprint density at radius 2 is 2.18 bits per heavy atom. The molecule has 0 fully saturated rings. The highest BCUT2D eigenvalue weighted by molar-refractivity contribution is 7.09. The van der Waals surface area contributed by atoms with Crippen molar-refractivity contribution < 1.29 is 0 Å². The summed E-state index contributed by atoms with van der Waals surface area (Å²) < 4.78 is 0. The second-order valence-corrected chi connectivity index (χ2v) is 5.37. The van der Waals surface area contributed by atoms with Gasteiger partial charge < -0.3 is 5.32 Å². The summed E-state index contributed by atoms with van der Waals surface area (Å²) in [5.41, 5.74) is 2.19. The number of pyridine rings is 1. The summed E-state index contributed by atoms with van der Waals surface area (Å²) in [4.78, 5) is 5.91. The summed E-state index contributed by atoms with van der Waals surface area (Å²) in [5, 5.41) is 5.64. The van der Waals surface area contributed by atoms with Crippen molar-refractivity contribution in [3.63, 3.8) is 0 Å². The van der Waals surface area contributed by atoms with E-state index in [0.29, 0.717) is 6.04 Å². The second kappa shape index (κ2) is 5.94. The van der Waals surface area contributed by atoms with E-state index in [4.69, 9.17) is 0 Å². The Balaban J connectivity index is 1.82. The van der Waals surface area contributed by atoms with E-state index in [-0.39, 0.29) is 0 Å². The first-order valence-electron chi connectivity index (χ1n) is 5.92. The molecule has 0 amide bonds. The topological polar surface area (TPSA) is 24.9 Å². The molecule has 90 valence electrons. The number of hydrogen-bond acceptors (Lipinski definition) is 3. The summed E-state index contributed by atoms with van der Waals surface area (Å²) in [5.74, 6) is 0. The average molecular weight is 246 g/mol. The van der Waals surface area contributed by atoms with Crippen molar-refractivity contribution in [2.75, 3.05) is 0 Å². The second-order valence-electron chi connectivity index (χ2n) is 4.34. The van der Waals surface area contributed by atoms with Crippen molar-refractivity contribution in [1.29, 1.82) is 0 Å². The number of nitrogens with one attached hydrogen (secondary N) is 1. The summed E-state index contributed by atoms with van der Waals surface area (Å²) in [6, 6.07) is 10.9. The van der Waals surface area contributed by atoms with E-state index in [2.05, 4.69) is 46.9 Å². The third-order valence-corrected chi connectivity index (χ3v) is 3.56. The van der Waals surface area contributed by atoms with Gasteiger partial charge in [-0.1, -0.05) is 12.1 Å². The van der Waals surface area contributed by atoms with Crippen molar-refractivity contribution >= 4 is 11.3 Å². The normalized spacial score (nSPS) is 12.6. The van der Waals surface area contributed by atoms with Crippen LogP contribution in [0, 0.1) is 6.92 Å². The van der Waals surface area contributed by atoms with Gasteiger partial charge in [0.05, 0.1) is 5.69 Å². The van der Waals surface area contributed by atoms with Gasteiger partial charge in [0.2, 0.25) is 0 Å². The quantitative estimate of drug-likeness (QED) is 0.876. The fourth-order valence-corrected chi connectivity index (χ4v) is 2.61. The first-order valence-corrected chi connectivity index (χ1v) is 6.80. The lowest BCUT2D eigenvalue weighted by Gasteiger charge is -2.12. The van der Waals surface area contributed by atoms with Crippen LogP contribution in [0.5, 0.6) is 0 Å². The highest BCUT2D eigenvalue weighted by atomic mass is 32.1. The van der Waals surface area contributed by atoms with Crippen LogP contribution in [0.1, 0.15) is 23.2 Å². The number of thiophene rings is 1. The maximum atomic E-state index is 4.48. The molecule has 0 bridgehead atoms. The van der Waals surface area contributed by atoms with Crippen LogP contribution in [-0.2, 0) is 13.0 Å². The third-order valence-electron chi connectivity index (χ3n) is 2.67. The molecule has 0 saturated heterocycles. The highest BCUT2D eigenvalue weighted by Crippen LogP contribution is 2.11. The molecule has 0 spiro atoms. The first kappa shape index (κ1) is 12.3. The number of hydrogen-bond donors (Lipinski definition) is 1. The van der Waals surface area contributed by atoms with Crippen LogP contribution in [-0.4, -0.2) is 11.0 Å². The van der Waals surface area contributed by atoms with Crippen molar-refractivity contribution in [2.24, 2.45) is 0 Å². The molecule has 2 aromatic rings. The fourth-order valence-electron chi connectivity index (χ4n) is 1.78. The Labute approximate surface area is 107 Å². The number of nitrogens with zero attached hydrogens (tertiary/aromatic N) is 1. The minimum atomic E-state index is 0.482. The Kier molecular flexibility index (Phi) is 4.29. The van der Waals surface area contributed by atoms with Gasteiger partial charge in [0.1, 0.15) is 0 Å². The molecule has 2 aromatic heterocycles. The average Bonchev–Trinajstić information content (AvgIpc) is 2.79. The van der Waals surface area contributed by atoms with Crippen molar-refractivity contribution in [1.82, 2.24) is 10.3 Å². The van der Waals surface area contributed by atoms with Gasteiger partial charge in [-0.3, -0.25) is 4.98 Å². The molecule has 2 heterocycles. The zero-order chi connectivity index (χ0) is 12.1. The smallest absolute Gasteiger partial charge is 0.0544 e. The molecular weight excluding hydrogens is 228 g/mol. The molecule has 0 radical (unpaired) electrons. The van der Waals surface area contributed by atoms with E-state index in [1.54, 1.807) is 0 Å². The maximum absolute atomic E-state index is 4.48. The van der Waals surface area contributed by atoms with Crippen LogP contribution in [0.25, 0.3) is 0 Å². The van der Waals surface area contributed by atoms with E-state index in [1.165, 1.54) is 4.88 Å². The number of rotatable bonds is 5. The molecule has 1 atom stereocenters. The van der Waals surface area contributed by atoms with Crippen LogP contribution in [0.4, 0.5) is 0 Å². The van der Waals surface area contributed by atoms with E-state index in [0.717, 1.165) is 24.4 Å². The standard InChI is InChI=1S/C14H18N2S/c1-11-5-3-6-13(16-11)10-15-12(2)9-14-7-4-8-17-14/h3-8,12,15H,9-10H2,1-2H3. The Morgan fingerprint density at radius 1 is 1.29 bits per heavy atom. The lowest BCUT2D eigenvalue weighted by Crippen LogP contribution is -2.27. The lowest BCUT2D eigenvalue weighted by molar-refractivity contribution is 0.542. The van der Waals surface area contributed by atoms with Crippen LogP contribution >= 0.6 is 11.3 Å². The van der Waals surface area contributed by atoms with Gasteiger partial charge in [0, 0.05) is 23.2 Å². The predicted molar refractivity (Wildman–Crippen MR) is 73.3 cm³/mol. The molecular formula is C14H18N2S. The summed E-state index contributed by atoms with van der Waals surface area (Å²) in [6.07, 6.45) is 1.09. The fraction of sp³-hybridized carbons (Fsp3) is 0.357. The Hall–Kier alpha value is -1.19. The van der Waals surface area contributed by atoms with E-state index in [1.807, 2.05) is 24.3 Å². The maximum Gasteiger partial charge on any atom is 0.0544 e. The van der Waals surface area contributed by atoms with E-state index in [9.17, 15) is 0 Å². The molecule has 3 heteroatoms. The van der Waals surface area contributed by atoms with Crippen LogP contribution in [0.15, 0.2) is 35.7 Å². The molecule has 1 N–H and O–H groups in total.